The minimum absolute atomic E-state index is 0.0588. The maximum absolute atomic E-state index is 5.85. The molecule has 1 aliphatic heterocycles. The highest BCUT2D eigenvalue weighted by atomic mass is 16.5. The van der Waals surface area contributed by atoms with Crippen molar-refractivity contribution in [3.63, 3.8) is 0 Å². The predicted octanol–water partition coefficient (Wildman–Crippen LogP) is 0.461. The second kappa shape index (κ2) is 5.80. The molecule has 0 aromatic heterocycles. The Hall–Kier alpha value is -0.160. The van der Waals surface area contributed by atoms with E-state index in [1.54, 1.807) is 7.11 Å². The Balaban J connectivity index is 2.57. The summed E-state index contributed by atoms with van der Waals surface area (Å²) >= 11 is 0. The number of hydrogen-bond acceptors (Lipinski definition) is 4. The van der Waals surface area contributed by atoms with Gasteiger partial charge in [-0.1, -0.05) is 0 Å². The third-order valence-electron chi connectivity index (χ3n) is 3.49. The van der Waals surface area contributed by atoms with Crippen LogP contribution in [0.3, 0.4) is 0 Å². The molecule has 1 unspecified atom stereocenters. The van der Waals surface area contributed by atoms with Crippen LogP contribution in [0.25, 0.3) is 0 Å². The van der Waals surface area contributed by atoms with Gasteiger partial charge in [-0.2, -0.15) is 0 Å². The highest BCUT2D eigenvalue weighted by Crippen LogP contribution is 2.21. The van der Waals surface area contributed by atoms with Crippen LogP contribution in [0.4, 0.5) is 0 Å². The molecule has 0 spiro atoms. The molecule has 1 aliphatic rings. The maximum Gasteiger partial charge on any atom is 0.0656 e. The van der Waals surface area contributed by atoms with Crippen molar-refractivity contribution in [3.05, 3.63) is 0 Å². The van der Waals surface area contributed by atoms with Crippen LogP contribution in [-0.4, -0.2) is 57.0 Å². The maximum atomic E-state index is 5.85. The number of nitrogens with two attached hydrogens (primary N) is 1. The fourth-order valence-corrected chi connectivity index (χ4v) is 2.13. The number of hydrogen-bond donors (Lipinski definition) is 1. The molecule has 1 atom stereocenters. The lowest BCUT2D eigenvalue weighted by Crippen LogP contribution is -2.57. The van der Waals surface area contributed by atoms with E-state index >= 15 is 0 Å². The number of likely N-dealkylation sites (N-methyl/N-ethyl adjacent to an activating group) is 1. The van der Waals surface area contributed by atoms with E-state index in [1.807, 2.05) is 0 Å². The van der Waals surface area contributed by atoms with Gasteiger partial charge in [0.25, 0.3) is 0 Å². The van der Waals surface area contributed by atoms with Gasteiger partial charge in [0.05, 0.1) is 12.1 Å². The minimum atomic E-state index is -0.0588. The molecule has 2 N–H and O–H groups in total. The molecule has 1 rings (SSSR count). The molecule has 0 aromatic rings. The van der Waals surface area contributed by atoms with E-state index in [9.17, 15) is 0 Å². The summed E-state index contributed by atoms with van der Waals surface area (Å²) in [6.45, 7) is 5.18. The van der Waals surface area contributed by atoms with E-state index in [-0.39, 0.29) is 5.54 Å². The monoisotopic (exact) mass is 216 g/mol. The first-order valence-electron chi connectivity index (χ1n) is 5.64. The molecule has 15 heavy (non-hydrogen) atoms. The van der Waals surface area contributed by atoms with E-state index < -0.39 is 0 Å². The highest BCUT2D eigenvalue weighted by Gasteiger charge is 2.33. The zero-order chi connectivity index (χ0) is 11.3. The van der Waals surface area contributed by atoms with Gasteiger partial charge in [-0.3, -0.25) is 4.90 Å². The first-order chi connectivity index (χ1) is 7.14. The molecule has 90 valence electrons. The molecule has 0 aliphatic carbocycles. The van der Waals surface area contributed by atoms with Crippen molar-refractivity contribution in [2.45, 2.75) is 31.3 Å². The summed E-state index contributed by atoms with van der Waals surface area (Å²) in [4.78, 5) is 2.36. The van der Waals surface area contributed by atoms with E-state index in [0.717, 1.165) is 26.1 Å². The van der Waals surface area contributed by atoms with Crippen molar-refractivity contribution in [2.24, 2.45) is 5.73 Å². The normalized spacial score (nSPS) is 23.0. The Kier molecular flexibility index (Phi) is 4.99. The van der Waals surface area contributed by atoms with Gasteiger partial charge >= 0.3 is 0 Å². The Morgan fingerprint density at radius 3 is 2.53 bits per heavy atom. The summed E-state index contributed by atoms with van der Waals surface area (Å²) in [7, 11) is 3.87. The second-order valence-electron chi connectivity index (χ2n) is 4.59. The van der Waals surface area contributed by atoms with Gasteiger partial charge < -0.3 is 15.2 Å². The van der Waals surface area contributed by atoms with Gasteiger partial charge in [0.15, 0.2) is 0 Å². The van der Waals surface area contributed by atoms with Crippen LogP contribution in [0.1, 0.15) is 19.8 Å². The van der Waals surface area contributed by atoms with Gasteiger partial charge in [0.1, 0.15) is 0 Å². The molecule has 4 nitrogen and oxygen atoms in total. The van der Waals surface area contributed by atoms with Gasteiger partial charge in [-0.15, -0.1) is 0 Å². The third-order valence-corrected chi connectivity index (χ3v) is 3.49. The number of nitrogens with zero attached hydrogens (tertiary/aromatic N) is 1. The van der Waals surface area contributed by atoms with E-state index in [0.29, 0.717) is 19.2 Å². The topological polar surface area (TPSA) is 47.7 Å². The molecule has 1 fully saturated rings. The number of methoxy groups -OCH3 is 1. The van der Waals surface area contributed by atoms with Crippen molar-refractivity contribution in [1.82, 2.24) is 4.90 Å². The number of ether oxygens (including phenoxy) is 2. The SMILES string of the molecule is COCC(C)(CN)N(C)C1CCOCC1. The average Bonchev–Trinajstić information content (AvgIpc) is 2.29. The van der Waals surface area contributed by atoms with E-state index in [4.69, 9.17) is 15.2 Å². The predicted molar refractivity (Wildman–Crippen MR) is 60.9 cm³/mol. The smallest absolute Gasteiger partial charge is 0.0656 e. The molecule has 0 bridgehead atoms. The van der Waals surface area contributed by atoms with Gasteiger partial charge in [-0.05, 0) is 26.8 Å². The zero-order valence-electron chi connectivity index (χ0n) is 10.2. The molecule has 1 heterocycles. The van der Waals surface area contributed by atoms with Crippen LogP contribution < -0.4 is 5.73 Å². The van der Waals surface area contributed by atoms with Crippen molar-refractivity contribution in [1.29, 1.82) is 0 Å². The van der Waals surface area contributed by atoms with Crippen molar-refractivity contribution in [3.8, 4) is 0 Å². The lowest BCUT2D eigenvalue weighted by atomic mass is 9.96. The molecule has 0 saturated carbocycles. The van der Waals surface area contributed by atoms with Crippen LogP contribution in [0.15, 0.2) is 0 Å². The Labute approximate surface area is 92.7 Å². The van der Waals surface area contributed by atoms with Crippen LogP contribution in [0, 0.1) is 0 Å². The summed E-state index contributed by atoms with van der Waals surface area (Å²) in [5.74, 6) is 0. The van der Waals surface area contributed by atoms with E-state index in [2.05, 4.69) is 18.9 Å². The summed E-state index contributed by atoms with van der Waals surface area (Å²) in [5.41, 5.74) is 5.79. The Morgan fingerprint density at radius 1 is 1.47 bits per heavy atom. The van der Waals surface area contributed by atoms with Crippen molar-refractivity contribution < 1.29 is 9.47 Å². The van der Waals surface area contributed by atoms with Crippen LogP contribution in [0.2, 0.25) is 0 Å². The fraction of sp³-hybridized carbons (Fsp3) is 1.00. The molecule has 1 saturated heterocycles. The molecule has 0 amide bonds. The first kappa shape index (κ1) is 12.9. The summed E-state index contributed by atoms with van der Waals surface area (Å²) in [6.07, 6.45) is 2.19. The average molecular weight is 216 g/mol. The zero-order valence-corrected chi connectivity index (χ0v) is 10.2. The third kappa shape index (κ3) is 3.14. The second-order valence-corrected chi connectivity index (χ2v) is 4.59. The van der Waals surface area contributed by atoms with Gasteiger partial charge in [-0.25, -0.2) is 0 Å². The largest absolute Gasteiger partial charge is 0.383 e. The fourth-order valence-electron chi connectivity index (χ4n) is 2.13. The molecule has 4 heteroatoms. The molecule has 0 aromatic carbocycles. The Morgan fingerprint density at radius 2 is 2.07 bits per heavy atom. The Bertz CT molecular complexity index is 183. The first-order valence-corrected chi connectivity index (χ1v) is 5.64. The number of rotatable bonds is 5. The summed E-state index contributed by atoms with van der Waals surface area (Å²) in [6, 6.07) is 0.572. The van der Waals surface area contributed by atoms with E-state index in [1.165, 1.54) is 0 Å². The lowest BCUT2D eigenvalue weighted by molar-refractivity contribution is -0.0244. The summed E-state index contributed by atoms with van der Waals surface area (Å²) in [5, 5.41) is 0. The highest BCUT2D eigenvalue weighted by molar-refractivity contribution is 4.90. The molecule has 0 radical (unpaired) electrons. The minimum Gasteiger partial charge on any atom is -0.383 e. The van der Waals surface area contributed by atoms with Crippen molar-refractivity contribution >= 4 is 0 Å². The molecular weight excluding hydrogens is 192 g/mol. The standard InChI is InChI=1S/C11H24N2O2/c1-11(8-12,9-14-3)13(2)10-4-6-15-7-5-10/h10H,4-9,12H2,1-3H3. The van der Waals surface area contributed by atoms with Crippen LogP contribution >= 0.6 is 0 Å². The lowest BCUT2D eigenvalue weighted by Gasteiger charge is -2.43. The van der Waals surface area contributed by atoms with Crippen molar-refractivity contribution in [2.75, 3.05) is 40.5 Å². The molecular formula is C11H24N2O2. The van der Waals surface area contributed by atoms with Gasteiger partial charge in [0.2, 0.25) is 0 Å². The summed E-state index contributed by atoms with van der Waals surface area (Å²) < 4.78 is 10.6. The quantitative estimate of drug-likeness (QED) is 0.725. The van der Waals surface area contributed by atoms with Crippen LogP contribution in [-0.2, 0) is 9.47 Å². The van der Waals surface area contributed by atoms with Gasteiger partial charge in [0, 0.05) is 32.9 Å². The van der Waals surface area contributed by atoms with Crippen LogP contribution in [0.5, 0.6) is 0 Å².